The molecule has 1 aliphatic carbocycles. The molecule has 6 heteroatoms. The zero-order chi connectivity index (χ0) is 13.9. The predicted octanol–water partition coefficient (Wildman–Crippen LogP) is 0.411. The van der Waals surface area contributed by atoms with Crippen molar-refractivity contribution in [3.05, 3.63) is 23.7 Å². The molecule has 1 aromatic heterocycles. The van der Waals surface area contributed by atoms with E-state index in [9.17, 15) is 4.79 Å². The summed E-state index contributed by atoms with van der Waals surface area (Å²) >= 11 is 0. The molecule has 1 aromatic rings. The third-order valence-electron chi connectivity index (χ3n) is 4.07. The summed E-state index contributed by atoms with van der Waals surface area (Å²) in [5.74, 6) is 6.75. The van der Waals surface area contributed by atoms with E-state index in [0.29, 0.717) is 0 Å². The van der Waals surface area contributed by atoms with Gasteiger partial charge in [-0.05, 0) is 30.9 Å². The molecule has 0 spiro atoms. The largest absolute Gasteiger partial charge is 0.455 e. The Bertz CT molecular complexity index is 461. The minimum absolute atomic E-state index is 0.273. The average Bonchev–Trinajstić information content (AvgIpc) is 3.16. The van der Waals surface area contributed by atoms with Crippen LogP contribution in [0.25, 0.3) is 0 Å². The fourth-order valence-electron chi connectivity index (χ4n) is 2.67. The van der Waals surface area contributed by atoms with Crippen LogP contribution >= 0.6 is 0 Å². The molecule has 3 rings (SSSR count). The van der Waals surface area contributed by atoms with Gasteiger partial charge in [-0.3, -0.25) is 15.1 Å². The highest BCUT2D eigenvalue weighted by molar-refractivity contribution is 5.90. The van der Waals surface area contributed by atoms with Crippen molar-refractivity contribution in [2.24, 2.45) is 11.8 Å². The van der Waals surface area contributed by atoms with Crippen LogP contribution in [0.4, 0.5) is 0 Å². The van der Waals surface area contributed by atoms with Crippen molar-refractivity contribution in [1.82, 2.24) is 15.2 Å². The Kier molecular flexibility index (Phi) is 4.05. The number of hydrogen-bond donors (Lipinski definition) is 2. The van der Waals surface area contributed by atoms with Crippen molar-refractivity contribution < 1.29 is 9.21 Å². The fraction of sp³-hybridized carbons (Fsp3) is 0.643. The minimum atomic E-state index is -0.384. The Hall–Kier alpha value is -1.37. The molecule has 6 nitrogen and oxygen atoms in total. The van der Waals surface area contributed by atoms with Crippen LogP contribution in [0.3, 0.4) is 0 Å². The fourth-order valence-corrected chi connectivity index (χ4v) is 2.67. The number of rotatable bonds is 5. The lowest BCUT2D eigenvalue weighted by molar-refractivity contribution is 0.0915. The predicted molar refractivity (Wildman–Crippen MR) is 74.8 cm³/mol. The van der Waals surface area contributed by atoms with E-state index in [0.717, 1.165) is 44.4 Å². The zero-order valence-electron chi connectivity index (χ0n) is 11.7. The van der Waals surface area contributed by atoms with Gasteiger partial charge in [0.05, 0.1) is 6.54 Å². The number of carbonyl (C=O) groups is 1. The molecule has 1 saturated carbocycles. The van der Waals surface area contributed by atoms with Gasteiger partial charge < -0.3 is 9.32 Å². The molecule has 1 saturated heterocycles. The first kappa shape index (κ1) is 13.6. The maximum absolute atomic E-state index is 11.3. The van der Waals surface area contributed by atoms with Crippen molar-refractivity contribution >= 4 is 5.91 Å². The quantitative estimate of drug-likeness (QED) is 0.463. The number of nitrogens with two attached hydrogens (primary N) is 1. The van der Waals surface area contributed by atoms with Crippen LogP contribution in [-0.2, 0) is 6.54 Å². The van der Waals surface area contributed by atoms with E-state index in [1.165, 1.54) is 19.4 Å². The average molecular weight is 278 g/mol. The summed E-state index contributed by atoms with van der Waals surface area (Å²) in [4.78, 5) is 16.2. The molecular formula is C14H22N4O2. The van der Waals surface area contributed by atoms with E-state index in [1.807, 2.05) is 6.07 Å². The molecule has 0 atom stereocenters. The highest BCUT2D eigenvalue weighted by Crippen LogP contribution is 2.30. The highest BCUT2D eigenvalue weighted by Gasteiger charge is 2.26. The summed E-state index contributed by atoms with van der Waals surface area (Å²) in [5, 5.41) is 0. The van der Waals surface area contributed by atoms with E-state index in [-0.39, 0.29) is 11.7 Å². The molecule has 0 radical (unpaired) electrons. The van der Waals surface area contributed by atoms with Gasteiger partial charge in [-0.15, -0.1) is 0 Å². The van der Waals surface area contributed by atoms with Gasteiger partial charge in [0.1, 0.15) is 5.76 Å². The summed E-state index contributed by atoms with van der Waals surface area (Å²) < 4.78 is 5.49. The second-order valence-corrected chi connectivity index (χ2v) is 5.76. The monoisotopic (exact) mass is 278 g/mol. The Morgan fingerprint density at radius 1 is 1.25 bits per heavy atom. The third-order valence-corrected chi connectivity index (χ3v) is 4.07. The molecule has 0 aromatic carbocycles. The van der Waals surface area contributed by atoms with Crippen LogP contribution < -0.4 is 11.3 Å². The summed E-state index contributed by atoms with van der Waals surface area (Å²) in [6.07, 6.45) is 2.83. The van der Waals surface area contributed by atoms with Crippen molar-refractivity contribution in [3.8, 4) is 0 Å². The molecule has 3 N–H and O–H groups in total. The normalized spacial score (nSPS) is 21.1. The number of carbonyl (C=O) groups excluding carboxylic acids is 1. The van der Waals surface area contributed by atoms with E-state index in [4.69, 9.17) is 10.3 Å². The SMILES string of the molecule is NNC(=O)c1ccc(CN2CCN(CC3CC3)CC2)o1. The van der Waals surface area contributed by atoms with E-state index in [2.05, 4.69) is 15.2 Å². The van der Waals surface area contributed by atoms with Crippen molar-refractivity contribution in [3.63, 3.8) is 0 Å². The molecular weight excluding hydrogens is 256 g/mol. The summed E-state index contributed by atoms with van der Waals surface area (Å²) in [6, 6.07) is 3.52. The number of furan rings is 1. The summed E-state index contributed by atoms with van der Waals surface area (Å²) in [6.45, 7) is 6.42. The number of nitrogen functional groups attached to an aromatic ring is 1. The van der Waals surface area contributed by atoms with Crippen LogP contribution in [-0.4, -0.2) is 48.4 Å². The highest BCUT2D eigenvalue weighted by atomic mass is 16.4. The van der Waals surface area contributed by atoms with Gasteiger partial charge >= 0.3 is 5.91 Å². The first-order chi connectivity index (χ1) is 9.74. The molecule has 20 heavy (non-hydrogen) atoms. The number of amides is 1. The van der Waals surface area contributed by atoms with Gasteiger partial charge in [0, 0.05) is 32.7 Å². The second-order valence-electron chi connectivity index (χ2n) is 5.76. The topological polar surface area (TPSA) is 74.7 Å². The molecule has 2 aliphatic rings. The van der Waals surface area contributed by atoms with Gasteiger partial charge in [0.25, 0.3) is 0 Å². The van der Waals surface area contributed by atoms with Crippen LogP contribution in [0.5, 0.6) is 0 Å². The summed E-state index contributed by atoms with van der Waals surface area (Å²) in [7, 11) is 0. The number of hydrazine groups is 1. The lowest BCUT2D eigenvalue weighted by atomic mass is 10.2. The maximum atomic E-state index is 11.3. The van der Waals surface area contributed by atoms with Gasteiger partial charge in [-0.25, -0.2) is 5.84 Å². The molecule has 0 bridgehead atoms. The van der Waals surface area contributed by atoms with Gasteiger partial charge in [0.2, 0.25) is 0 Å². The van der Waals surface area contributed by atoms with Gasteiger partial charge in [-0.1, -0.05) is 0 Å². The Balaban J connectivity index is 1.46. The molecule has 2 fully saturated rings. The lowest BCUT2D eigenvalue weighted by Gasteiger charge is -2.34. The third kappa shape index (κ3) is 3.39. The van der Waals surface area contributed by atoms with Gasteiger partial charge in [-0.2, -0.15) is 0 Å². The Morgan fingerprint density at radius 2 is 1.95 bits per heavy atom. The smallest absolute Gasteiger partial charge is 0.300 e. The van der Waals surface area contributed by atoms with E-state index >= 15 is 0 Å². The van der Waals surface area contributed by atoms with Crippen molar-refractivity contribution in [1.29, 1.82) is 0 Å². The first-order valence-electron chi connectivity index (χ1n) is 7.29. The number of nitrogens with zero attached hydrogens (tertiary/aromatic N) is 2. The molecule has 110 valence electrons. The molecule has 1 amide bonds. The standard InChI is InChI=1S/C14H22N4O2/c15-16-14(19)13-4-3-12(20-13)10-18-7-5-17(6-8-18)9-11-1-2-11/h3-4,11H,1-2,5-10,15H2,(H,16,19). The van der Waals surface area contributed by atoms with Crippen molar-refractivity contribution in [2.75, 3.05) is 32.7 Å². The van der Waals surface area contributed by atoms with Crippen LogP contribution in [0.1, 0.15) is 29.2 Å². The van der Waals surface area contributed by atoms with Crippen LogP contribution in [0.2, 0.25) is 0 Å². The van der Waals surface area contributed by atoms with E-state index < -0.39 is 0 Å². The summed E-state index contributed by atoms with van der Waals surface area (Å²) in [5.41, 5.74) is 2.08. The van der Waals surface area contributed by atoms with Crippen LogP contribution in [0, 0.1) is 5.92 Å². The molecule has 2 heterocycles. The maximum Gasteiger partial charge on any atom is 0.300 e. The first-order valence-corrected chi connectivity index (χ1v) is 7.29. The molecule has 0 unspecified atom stereocenters. The van der Waals surface area contributed by atoms with Gasteiger partial charge in [0.15, 0.2) is 5.76 Å². The number of nitrogens with one attached hydrogen (secondary N) is 1. The Morgan fingerprint density at radius 3 is 2.60 bits per heavy atom. The minimum Gasteiger partial charge on any atom is -0.455 e. The van der Waals surface area contributed by atoms with E-state index in [1.54, 1.807) is 6.07 Å². The molecule has 1 aliphatic heterocycles. The number of piperazine rings is 1. The Labute approximate surface area is 118 Å². The zero-order valence-corrected chi connectivity index (χ0v) is 11.7. The second kappa shape index (κ2) is 5.95. The number of hydrogen-bond acceptors (Lipinski definition) is 5. The lowest BCUT2D eigenvalue weighted by Crippen LogP contribution is -2.46. The van der Waals surface area contributed by atoms with Crippen LogP contribution in [0.15, 0.2) is 16.5 Å². The van der Waals surface area contributed by atoms with Crippen molar-refractivity contribution in [2.45, 2.75) is 19.4 Å².